The summed E-state index contributed by atoms with van der Waals surface area (Å²) in [5.74, 6) is 0.868. The molecule has 0 fully saturated rings. The summed E-state index contributed by atoms with van der Waals surface area (Å²) in [5, 5.41) is 21.3. The first-order chi connectivity index (χ1) is 13.1. The summed E-state index contributed by atoms with van der Waals surface area (Å²) in [5.41, 5.74) is 0.681. The van der Waals surface area contributed by atoms with Gasteiger partial charge in [0.15, 0.2) is 0 Å². The zero-order chi connectivity index (χ0) is 18.8. The molecule has 3 aromatic carbocycles. The number of thioether (sulfide) groups is 1. The van der Waals surface area contributed by atoms with Crippen molar-refractivity contribution in [3.8, 4) is 11.5 Å². The Morgan fingerprint density at radius 2 is 1.74 bits per heavy atom. The van der Waals surface area contributed by atoms with Crippen molar-refractivity contribution in [2.45, 2.75) is 17.1 Å². The average molecular weight is 377 g/mol. The normalized spacial score (nSPS) is 12.2. The maximum absolute atomic E-state index is 10.7. The van der Waals surface area contributed by atoms with Gasteiger partial charge < -0.3 is 4.42 Å². The number of non-ortho nitro benzene ring substituents is 1. The van der Waals surface area contributed by atoms with E-state index in [-0.39, 0.29) is 10.9 Å². The highest BCUT2D eigenvalue weighted by molar-refractivity contribution is 7.99. The number of hydrogen-bond acceptors (Lipinski definition) is 6. The Balaban J connectivity index is 1.52. The van der Waals surface area contributed by atoms with Gasteiger partial charge in [-0.15, -0.1) is 22.0 Å². The smallest absolute Gasteiger partial charge is 0.269 e. The molecule has 134 valence electrons. The molecule has 1 aromatic heterocycles. The van der Waals surface area contributed by atoms with E-state index in [1.165, 1.54) is 22.9 Å². The Morgan fingerprint density at radius 3 is 2.48 bits per heavy atom. The molecule has 7 heteroatoms. The highest BCUT2D eigenvalue weighted by Crippen LogP contribution is 2.36. The third-order valence-corrected chi connectivity index (χ3v) is 5.23. The summed E-state index contributed by atoms with van der Waals surface area (Å²) in [4.78, 5) is 11.4. The Kier molecular flexibility index (Phi) is 4.60. The van der Waals surface area contributed by atoms with Crippen molar-refractivity contribution in [1.82, 2.24) is 10.2 Å². The van der Waals surface area contributed by atoms with Gasteiger partial charge in [-0.1, -0.05) is 30.3 Å². The van der Waals surface area contributed by atoms with Crippen molar-refractivity contribution in [1.29, 1.82) is 0 Å². The van der Waals surface area contributed by atoms with Gasteiger partial charge in [-0.05, 0) is 42.0 Å². The Hall–Kier alpha value is -3.19. The number of rotatable bonds is 5. The maximum atomic E-state index is 10.7. The second kappa shape index (κ2) is 7.20. The van der Waals surface area contributed by atoms with E-state index >= 15 is 0 Å². The summed E-state index contributed by atoms with van der Waals surface area (Å²) in [6.07, 6.45) is 0. The molecular weight excluding hydrogens is 362 g/mol. The molecule has 0 aliphatic carbocycles. The van der Waals surface area contributed by atoms with Crippen LogP contribution in [0.25, 0.3) is 22.2 Å². The first-order valence-corrected chi connectivity index (χ1v) is 9.22. The van der Waals surface area contributed by atoms with Crippen LogP contribution in [0.4, 0.5) is 5.69 Å². The zero-order valence-corrected chi connectivity index (χ0v) is 15.2. The topological polar surface area (TPSA) is 82.1 Å². The number of hydrogen-bond donors (Lipinski definition) is 0. The summed E-state index contributed by atoms with van der Waals surface area (Å²) >= 11 is 1.64. The first-order valence-electron chi connectivity index (χ1n) is 8.34. The van der Waals surface area contributed by atoms with Crippen LogP contribution in [-0.4, -0.2) is 15.1 Å². The van der Waals surface area contributed by atoms with Gasteiger partial charge in [0.05, 0.1) is 10.2 Å². The molecule has 0 unspecified atom stereocenters. The predicted octanol–water partition coefficient (Wildman–Crippen LogP) is 5.65. The molecule has 1 atom stereocenters. The number of nitro benzene ring substituents is 1. The molecule has 27 heavy (non-hydrogen) atoms. The standard InChI is InChI=1S/C20H15N3O3S/c1-13(27-18-11-8-14-4-2-3-5-16(14)12-18)19-21-22-20(26-19)15-6-9-17(10-7-15)23(24)25/h2-13H,1H3/t13-/m0/s1. The molecule has 6 nitrogen and oxygen atoms in total. The van der Waals surface area contributed by atoms with E-state index in [1.807, 2.05) is 19.1 Å². The van der Waals surface area contributed by atoms with Gasteiger partial charge in [0.25, 0.3) is 5.69 Å². The fraction of sp³-hybridized carbons (Fsp3) is 0.100. The summed E-state index contributed by atoms with van der Waals surface area (Å²) < 4.78 is 5.78. The van der Waals surface area contributed by atoms with E-state index in [0.717, 1.165) is 4.90 Å². The molecule has 0 saturated heterocycles. The van der Waals surface area contributed by atoms with Crippen LogP contribution < -0.4 is 0 Å². The maximum Gasteiger partial charge on any atom is 0.269 e. The van der Waals surface area contributed by atoms with Gasteiger partial charge in [0, 0.05) is 22.6 Å². The fourth-order valence-electron chi connectivity index (χ4n) is 2.74. The Bertz CT molecular complexity index is 1110. The highest BCUT2D eigenvalue weighted by atomic mass is 32.2. The van der Waals surface area contributed by atoms with Crippen LogP contribution in [0.5, 0.6) is 0 Å². The summed E-state index contributed by atoms with van der Waals surface area (Å²) in [7, 11) is 0. The second-order valence-corrected chi connectivity index (χ2v) is 7.43. The van der Waals surface area contributed by atoms with Crippen LogP contribution in [0.15, 0.2) is 76.0 Å². The van der Waals surface area contributed by atoms with Gasteiger partial charge in [0.1, 0.15) is 0 Å². The number of benzene rings is 3. The highest BCUT2D eigenvalue weighted by Gasteiger charge is 2.17. The molecule has 0 aliphatic heterocycles. The molecule has 1 heterocycles. The first kappa shape index (κ1) is 17.2. The largest absolute Gasteiger partial charge is 0.419 e. The molecule has 0 aliphatic rings. The molecule has 4 rings (SSSR count). The van der Waals surface area contributed by atoms with Crippen molar-refractivity contribution >= 4 is 28.2 Å². The molecule has 0 amide bonds. The van der Waals surface area contributed by atoms with Crippen LogP contribution in [0.3, 0.4) is 0 Å². The molecule has 0 radical (unpaired) electrons. The quantitative estimate of drug-likeness (QED) is 0.254. The molecule has 0 spiro atoms. The van der Waals surface area contributed by atoms with E-state index in [1.54, 1.807) is 23.9 Å². The fourth-order valence-corrected chi connectivity index (χ4v) is 3.68. The Morgan fingerprint density at radius 1 is 1.00 bits per heavy atom. The van der Waals surface area contributed by atoms with Crippen molar-refractivity contribution < 1.29 is 9.34 Å². The molecule has 0 N–H and O–H groups in total. The van der Waals surface area contributed by atoms with Crippen LogP contribution in [0.2, 0.25) is 0 Å². The Labute approximate surface area is 159 Å². The van der Waals surface area contributed by atoms with Crippen LogP contribution in [0, 0.1) is 10.1 Å². The molecule has 0 saturated carbocycles. The van der Waals surface area contributed by atoms with Crippen molar-refractivity contribution in [2.75, 3.05) is 0 Å². The lowest BCUT2D eigenvalue weighted by Crippen LogP contribution is -1.88. The van der Waals surface area contributed by atoms with Gasteiger partial charge in [-0.3, -0.25) is 10.1 Å². The molecule has 0 bridgehead atoms. The minimum atomic E-state index is -0.439. The third kappa shape index (κ3) is 3.68. The van der Waals surface area contributed by atoms with Gasteiger partial charge >= 0.3 is 0 Å². The van der Waals surface area contributed by atoms with Gasteiger partial charge in [-0.25, -0.2) is 0 Å². The number of nitro groups is 1. The van der Waals surface area contributed by atoms with E-state index in [0.29, 0.717) is 17.3 Å². The predicted molar refractivity (Wildman–Crippen MR) is 105 cm³/mol. The number of aromatic nitrogens is 2. The average Bonchev–Trinajstić information content (AvgIpc) is 3.18. The van der Waals surface area contributed by atoms with E-state index in [2.05, 4.69) is 40.5 Å². The monoisotopic (exact) mass is 377 g/mol. The van der Waals surface area contributed by atoms with E-state index in [4.69, 9.17) is 4.42 Å². The third-order valence-electron chi connectivity index (χ3n) is 4.15. The van der Waals surface area contributed by atoms with Crippen LogP contribution in [-0.2, 0) is 0 Å². The lowest BCUT2D eigenvalue weighted by molar-refractivity contribution is -0.384. The van der Waals surface area contributed by atoms with E-state index < -0.39 is 4.92 Å². The van der Waals surface area contributed by atoms with Crippen molar-refractivity contribution in [2.24, 2.45) is 0 Å². The minimum Gasteiger partial charge on any atom is -0.419 e. The number of nitrogens with zero attached hydrogens (tertiary/aromatic N) is 3. The van der Waals surface area contributed by atoms with Crippen LogP contribution in [0.1, 0.15) is 18.1 Å². The molecule has 4 aromatic rings. The SMILES string of the molecule is C[C@H](Sc1ccc2ccccc2c1)c1nnc(-c2ccc([N+](=O)[O-])cc2)o1. The lowest BCUT2D eigenvalue weighted by atomic mass is 10.1. The summed E-state index contributed by atoms with van der Waals surface area (Å²) in [6.45, 7) is 2.01. The van der Waals surface area contributed by atoms with Gasteiger partial charge in [-0.2, -0.15) is 0 Å². The number of fused-ring (bicyclic) bond motifs is 1. The van der Waals surface area contributed by atoms with Crippen LogP contribution >= 0.6 is 11.8 Å². The lowest BCUT2D eigenvalue weighted by Gasteiger charge is -2.07. The van der Waals surface area contributed by atoms with Crippen molar-refractivity contribution in [3.05, 3.63) is 82.7 Å². The zero-order valence-electron chi connectivity index (χ0n) is 14.4. The van der Waals surface area contributed by atoms with E-state index in [9.17, 15) is 10.1 Å². The van der Waals surface area contributed by atoms with Crippen molar-refractivity contribution in [3.63, 3.8) is 0 Å². The van der Waals surface area contributed by atoms with Gasteiger partial charge in [0.2, 0.25) is 11.8 Å². The minimum absolute atomic E-state index is 0.0227. The summed E-state index contributed by atoms with van der Waals surface area (Å²) in [6, 6.07) is 20.6. The second-order valence-electron chi connectivity index (χ2n) is 6.02. The molecular formula is C20H15N3O3S.